The number of benzene rings is 2. The van der Waals surface area contributed by atoms with Crippen molar-refractivity contribution in [3.05, 3.63) is 63.2 Å². The summed E-state index contributed by atoms with van der Waals surface area (Å²) in [5, 5.41) is 22.8. The van der Waals surface area contributed by atoms with Crippen molar-refractivity contribution in [2.45, 2.75) is 19.3 Å². The first-order chi connectivity index (χ1) is 11.9. The molecule has 6 heteroatoms. The second kappa shape index (κ2) is 4.77. The molecule has 122 valence electrons. The number of aromatic nitrogens is 1. The van der Waals surface area contributed by atoms with Gasteiger partial charge in [-0.2, -0.15) is 5.26 Å². The van der Waals surface area contributed by atoms with Crippen molar-refractivity contribution in [1.29, 1.82) is 5.26 Å². The van der Waals surface area contributed by atoms with Gasteiger partial charge >= 0.3 is 0 Å². The van der Waals surface area contributed by atoms with Gasteiger partial charge in [-0.25, -0.2) is 0 Å². The topological polar surface area (TPSA) is 106 Å². The van der Waals surface area contributed by atoms with E-state index in [9.17, 15) is 14.8 Å². The molecule has 3 aromatic rings. The number of carbonyl (C=O) groups excluding carboxylic acids is 1. The zero-order valence-electron chi connectivity index (χ0n) is 13.5. The van der Waals surface area contributed by atoms with Gasteiger partial charge in [0.25, 0.3) is 0 Å². The second-order valence-corrected chi connectivity index (χ2v) is 6.65. The molecular formula is C19H13N3O3. The van der Waals surface area contributed by atoms with Gasteiger partial charge in [-0.15, -0.1) is 4.91 Å². The lowest BCUT2D eigenvalue weighted by atomic mass is 9.70. The molecule has 0 atom stereocenters. The van der Waals surface area contributed by atoms with Crippen LogP contribution in [0.5, 0.6) is 5.75 Å². The van der Waals surface area contributed by atoms with Gasteiger partial charge in [-0.1, -0.05) is 19.9 Å². The van der Waals surface area contributed by atoms with E-state index in [2.05, 4.69) is 16.2 Å². The highest BCUT2D eigenvalue weighted by atomic mass is 16.3. The third-order valence-electron chi connectivity index (χ3n) is 4.90. The van der Waals surface area contributed by atoms with Crippen LogP contribution in [0, 0.1) is 16.2 Å². The molecule has 4 rings (SSSR count). The van der Waals surface area contributed by atoms with Crippen LogP contribution in [0.25, 0.3) is 10.9 Å². The number of hydrogen-bond donors (Lipinski definition) is 2. The van der Waals surface area contributed by atoms with Crippen LogP contribution in [0.2, 0.25) is 0 Å². The summed E-state index contributed by atoms with van der Waals surface area (Å²) in [4.78, 5) is 27.6. The molecule has 1 aliphatic rings. The molecule has 1 aliphatic carbocycles. The van der Waals surface area contributed by atoms with E-state index in [1.807, 2.05) is 13.8 Å². The Hall–Kier alpha value is -3.46. The Bertz CT molecular complexity index is 1130. The number of rotatable bonds is 1. The lowest BCUT2D eigenvalue weighted by molar-refractivity contribution is 0.103. The van der Waals surface area contributed by atoms with E-state index in [-0.39, 0.29) is 17.2 Å². The van der Waals surface area contributed by atoms with Crippen LogP contribution in [0.1, 0.15) is 46.6 Å². The summed E-state index contributed by atoms with van der Waals surface area (Å²) in [6, 6.07) is 10.0. The van der Waals surface area contributed by atoms with E-state index in [0.29, 0.717) is 33.5 Å². The number of aromatic hydroxyl groups is 1. The molecule has 0 unspecified atom stereocenters. The minimum Gasteiger partial charge on any atom is -0.506 e. The van der Waals surface area contributed by atoms with Crippen molar-refractivity contribution in [3.8, 4) is 11.8 Å². The number of nitroso groups, excluding NO2 is 1. The van der Waals surface area contributed by atoms with Gasteiger partial charge < -0.3 is 10.1 Å². The van der Waals surface area contributed by atoms with Crippen LogP contribution in [0.4, 0.5) is 5.69 Å². The van der Waals surface area contributed by atoms with Crippen molar-refractivity contribution in [3.63, 3.8) is 0 Å². The summed E-state index contributed by atoms with van der Waals surface area (Å²) in [6.07, 6.45) is 0. The van der Waals surface area contributed by atoms with E-state index in [4.69, 9.17) is 5.26 Å². The second-order valence-electron chi connectivity index (χ2n) is 6.65. The molecule has 0 bridgehead atoms. The Morgan fingerprint density at radius 2 is 2.00 bits per heavy atom. The molecule has 1 heterocycles. The molecule has 2 aromatic carbocycles. The number of nitriles is 1. The predicted octanol–water partition coefficient (Wildman–Crippen LogP) is 4.01. The fourth-order valence-corrected chi connectivity index (χ4v) is 3.73. The fourth-order valence-electron chi connectivity index (χ4n) is 3.73. The third-order valence-corrected chi connectivity index (χ3v) is 4.90. The maximum Gasteiger partial charge on any atom is 0.195 e. The number of H-pyrrole nitrogens is 1. The first-order valence-electron chi connectivity index (χ1n) is 7.71. The van der Waals surface area contributed by atoms with Crippen molar-refractivity contribution in [2.75, 3.05) is 0 Å². The third kappa shape index (κ3) is 1.81. The Kier molecular flexibility index (Phi) is 2.88. The maximum atomic E-state index is 13.1. The maximum absolute atomic E-state index is 13.1. The largest absolute Gasteiger partial charge is 0.506 e. The fraction of sp³-hybridized carbons (Fsp3) is 0.158. The molecule has 0 fully saturated rings. The van der Waals surface area contributed by atoms with E-state index in [1.54, 1.807) is 18.2 Å². The van der Waals surface area contributed by atoms with E-state index in [1.165, 1.54) is 12.1 Å². The Labute approximate surface area is 142 Å². The van der Waals surface area contributed by atoms with Crippen molar-refractivity contribution in [2.24, 2.45) is 5.18 Å². The minimum absolute atomic E-state index is 0.113. The first kappa shape index (κ1) is 15.1. The van der Waals surface area contributed by atoms with Crippen molar-refractivity contribution < 1.29 is 9.90 Å². The first-order valence-corrected chi connectivity index (χ1v) is 7.71. The predicted molar refractivity (Wildman–Crippen MR) is 92.1 cm³/mol. The molecule has 0 radical (unpaired) electrons. The lowest BCUT2D eigenvalue weighted by Crippen LogP contribution is -2.30. The number of hydrogen-bond acceptors (Lipinski definition) is 5. The van der Waals surface area contributed by atoms with Crippen LogP contribution < -0.4 is 0 Å². The highest BCUT2D eigenvalue weighted by Gasteiger charge is 2.42. The lowest BCUT2D eigenvalue weighted by Gasteiger charge is -2.32. The zero-order valence-corrected chi connectivity index (χ0v) is 13.5. The quantitative estimate of drug-likeness (QED) is 0.657. The van der Waals surface area contributed by atoms with Gasteiger partial charge in [-0.05, 0) is 29.4 Å². The van der Waals surface area contributed by atoms with E-state index in [0.717, 1.165) is 5.39 Å². The van der Waals surface area contributed by atoms with Gasteiger partial charge in [0, 0.05) is 33.1 Å². The van der Waals surface area contributed by atoms with Crippen LogP contribution in [-0.4, -0.2) is 15.9 Å². The van der Waals surface area contributed by atoms with Crippen LogP contribution >= 0.6 is 0 Å². The number of phenols is 1. The smallest absolute Gasteiger partial charge is 0.195 e. The summed E-state index contributed by atoms with van der Waals surface area (Å²) in [6.45, 7) is 3.73. The highest BCUT2D eigenvalue weighted by Crippen LogP contribution is 2.49. The van der Waals surface area contributed by atoms with Crippen molar-refractivity contribution in [1.82, 2.24) is 4.98 Å². The number of carbonyl (C=O) groups is 1. The average Bonchev–Trinajstić information content (AvgIpc) is 2.99. The number of fused-ring (bicyclic) bond motifs is 4. The van der Waals surface area contributed by atoms with E-state index < -0.39 is 5.41 Å². The Morgan fingerprint density at radius 1 is 1.24 bits per heavy atom. The molecule has 0 saturated heterocycles. The average molecular weight is 331 g/mol. The van der Waals surface area contributed by atoms with E-state index >= 15 is 0 Å². The normalized spacial score (nSPS) is 14.7. The molecule has 1 aromatic heterocycles. The standard InChI is InChI=1S/C19H13N3O3/c1-19(2)15-11(5-6-13(23)16(15)22-25)17(24)14-10-4-3-9(8-20)7-12(10)21-18(14)19/h3-7,21,23H,1-2H3. The molecule has 2 N–H and O–H groups in total. The molecule has 0 amide bonds. The van der Waals surface area contributed by atoms with Gasteiger partial charge in [-0.3, -0.25) is 4.79 Å². The summed E-state index contributed by atoms with van der Waals surface area (Å²) in [5.74, 6) is -0.480. The minimum atomic E-state index is -0.744. The van der Waals surface area contributed by atoms with Crippen LogP contribution in [0.15, 0.2) is 35.5 Å². The number of ketones is 1. The monoisotopic (exact) mass is 331 g/mol. The zero-order chi connectivity index (χ0) is 17.9. The highest BCUT2D eigenvalue weighted by molar-refractivity contribution is 6.20. The molecule has 25 heavy (non-hydrogen) atoms. The van der Waals surface area contributed by atoms with Gasteiger partial charge in [0.15, 0.2) is 11.5 Å². The summed E-state index contributed by atoms with van der Waals surface area (Å²) in [5.41, 5.74) is 2.25. The van der Waals surface area contributed by atoms with Gasteiger partial charge in [0.05, 0.1) is 17.2 Å². The van der Waals surface area contributed by atoms with Gasteiger partial charge in [0.1, 0.15) is 5.75 Å². The van der Waals surface area contributed by atoms with Gasteiger partial charge in [0.2, 0.25) is 0 Å². The molecular weight excluding hydrogens is 318 g/mol. The molecule has 0 aliphatic heterocycles. The Morgan fingerprint density at radius 3 is 2.68 bits per heavy atom. The van der Waals surface area contributed by atoms with Crippen molar-refractivity contribution >= 4 is 22.4 Å². The molecule has 6 nitrogen and oxygen atoms in total. The van der Waals surface area contributed by atoms with Crippen LogP contribution in [-0.2, 0) is 5.41 Å². The Balaban J connectivity index is 2.13. The number of phenolic OH excluding ortho intramolecular Hbond substituents is 1. The SMILES string of the molecule is CC1(C)c2[nH]c3cc(C#N)ccc3c2C(=O)c2ccc(O)c(N=O)c21. The summed E-state index contributed by atoms with van der Waals surface area (Å²) in [7, 11) is 0. The number of nitrogens with zero attached hydrogens (tertiary/aromatic N) is 2. The number of nitrogens with one attached hydrogen (secondary N) is 1. The summed E-state index contributed by atoms with van der Waals surface area (Å²) >= 11 is 0. The molecule has 0 saturated carbocycles. The summed E-state index contributed by atoms with van der Waals surface area (Å²) < 4.78 is 0. The van der Waals surface area contributed by atoms with Crippen LogP contribution in [0.3, 0.4) is 0 Å². The number of aromatic amines is 1. The molecule has 0 spiro atoms.